The number of halogens is 1. The Morgan fingerprint density at radius 3 is 2.68 bits per heavy atom. The van der Waals surface area contributed by atoms with Gasteiger partial charge < -0.3 is 14.6 Å². The van der Waals surface area contributed by atoms with Crippen molar-refractivity contribution >= 4 is 11.8 Å². The van der Waals surface area contributed by atoms with Gasteiger partial charge in [0.2, 0.25) is 5.91 Å². The first-order valence-corrected chi connectivity index (χ1v) is 8.48. The minimum absolute atomic E-state index is 0.0462. The molecule has 1 aliphatic rings. The van der Waals surface area contributed by atoms with Crippen LogP contribution in [0.1, 0.15) is 35.4 Å². The molecular formula is C19H21FN2O3. The third-order valence-corrected chi connectivity index (χ3v) is 4.44. The molecule has 0 spiro atoms. The highest BCUT2D eigenvalue weighted by atomic mass is 19.1. The fourth-order valence-electron chi connectivity index (χ4n) is 3.04. The molecule has 1 aromatic heterocycles. The molecule has 2 amide bonds. The van der Waals surface area contributed by atoms with Gasteiger partial charge in [0.1, 0.15) is 5.82 Å². The number of hydrogen-bond acceptors (Lipinski definition) is 3. The van der Waals surface area contributed by atoms with E-state index in [1.165, 1.54) is 18.4 Å². The second kappa shape index (κ2) is 7.96. The number of nitrogens with one attached hydrogen (secondary N) is 1. The maximum absolute atomic E-state index is 13.2. The first-order chi connectivity index (χ1) is 12.1. The average Bonchev–Trinajstić information content (AvgIpc) is 3.15. The van der Waals surface area contributed by atoms with Crippen molar-refractivity contribution in [2.24, 2.45) is 0 Å². The summed E-state index contributed by atoms with van der Waals surface area (Å²) in [5.74, 6) is -0.132. The molecule has 0 bridgehead atoms. The van der Waals surface area contributed by atoms with Crippen LogP contribution in [0.3, 0.4) is 0 Å². The Morgan fingerprint density at radius 1 is 1.20 bits per heavy atom. The zero-order valence-corrected chi connectivity index (χ0v) is 13.9. The first-order valence-electron chi connectivity index (χ1n) is 8.48. The van der Waals surface area contributed by atoms with Crippen molar-refractivity contribution in [2.75, 3.05) is 13.1 Å². The monoisotopic (exact) mass is 344 g/mol. The van der Waals surface area contributed by atoms with E-state index < -0.39 is 0 Å². The van der Waals surface area contributed by atoms with Gasteiger partial charge in [-0.15, -0.1) is 0 Å². The van der Waals surface area contributed by atoms with Crippen LogP contribution in [0.2, 0.25) is 0 Å². The molecule has 3 rings (SSSR count). The number of carbonyl (C=O) groups is 2. The zero-order chi connectivity index (χ0) is 17.6. The minimum Gasteiger partial charge on any atom is -0.459 e. The van der Waals surface area contributed by atoms with E-state index in [4.69, 9.17) is 4.42 Å². The van der Waals surface area contributed by atoms with Crippen LogP contribution >= 0.6 is 0 Å². The Morgan fingerprint density at radius 2 is 2.00 bits per heavy atom. The van der Waals surface area contributed by atoms with Crippen LogP contribution in [0, 0.1) is 5.82 Å². The van der Waals surface area contributed by atoms with E-state index in [1.54, 1.807) is 18.2 Å². The summed E-state index contributed by atoms with van der Waals surface area (Å²) in [6, 6.07) is 9.69. The van der Waals surface area contributed by atoms with Crippen LogP contribution in [-0.2, 0) is 11.2 Å². The average molecular weight is 344 g/mol. The summed E-state index contributed by atoms with van der Waals surface area (Å²) >= 11 is 0. The number of benzene rings is 1. The normalized spacial score (nSPS) is 15.2. The zero-order valence-electron chi connectivity index (χ0n) is 13.9. The Bertz CT molecular complexity index is 722. The van der Waals surface area contributed by atoms with Crippen molar-refractivity contribution < 1.29 is 18.4 Å². The van der Waals surface area contributed by atoms with Gasteiger partial charge in [-0.2, -0.15) is 0 Å². The summed E-state index contributed by atoms with van der Waals surface area (Å²) in [4.78, 5) is 26.1. The number of hydrogen-bond donors (Lipinski definition) is 1. The Labute approximate surface area is 145 Å². The fourth-order valence-corrected chi connectivity index (χ4v) is 3.04. The molecule has 2 heterocycles. The van der Waals surface area contributed by atoms with Crippen molar-refractivity contribution in [3.05, 3.63) is 59.8 Å². The van der Waals surface area contributed by atoms with E-state index in [2.05, 4.69) is 5.32 Å². The van der Waals surface area contributed by atoms with Crippen LogP contribution in [-0.4, -0.2) is 35.8 Å². The lowest BCUT2D eigenvalue weighted by Crippen LogP contribution is -2.46. The molecule has 1 N–H and O–H groups in total. The highest BCUT2D eigenvalue weighted by Crippen LogP contribution is 2.14. The molecule has 2 aromatic rings. The Kier molecular flexibility index (Phi) is 5.48. The number of rotatable bonds is 5. The van der Waals surface area contributed by atoms with Crippen molar-refractivity contribution in [1.82, 2.24) is 10.2 Å². The van der Waals surface area contributed by atoms with Crippen molar-refractivity contribution in [1.29, 1.82) is 0 Å². The van der Waals surface area contributed by atoms with Gasteiger partial charge in [0.15, 0.2) is 5.76 Å². The second-order valence-electron chi connectivity index (χ2n) is 6.24. The van der Waals surface area contributed by atoms with Crippen molar-refractivity contribution in [3.63, 3.8) is 0 Å². The number of aryl methyl sites for hydroxylation is 1. The third-order valence-electron chi connectivity index (χ3n) is 4.44. The van der Waals surface area contributed by atoms with Crippen molar-refractivity contribution in [2.45, 2.75) is 31.7 Å². The Balaban J connectivity index is 1.42. The van der Waals surface area contributed by atoms with Crippen LogP contribution in [0.15, 0.2) is 47.1 Å². The quantitative estimate of drug-likeness (QED) is 0.907. The van der Waals surface area contributed by atoms with E-state index in [9.17, 15) is 14.0 Å². The molecule has 1 saturated heterocycles. The first kappa shape index (κ1) is 17.2. The van der Waals surface area contributed by atoms with Crippen LogP contribution in [0.4, 0.5) is 4.39 Å². The number of furan rings is 1. The van der Waals surface area contributed by atoms with Crippen LogP contribution in [0.5, 0.6) is 0 Å². The molecule has 0 unspecified atom stereocenters. The maximum atomic E-state index is 13.2. The van der Waals surface area contributed by atoms with E-state index in [0.29, 0.717) is 31.7 Å². The summed E-state index contributed by atoms with van der Waals surface area (Å²) in [6.45, 7) is 1.23. The van der Waals surface area contributed by atoms with Gasteiger partial charge in [-0.25, -0.2) is 4.39 Å². The highest BCUT2D eigenvalue weighted by Gasteiger charge is 2.24. The standard InChI is InChI=1S/C19H21FN2O3/c20-15-4-1-3-14(13-15)6-7-18(23)22-10-8-16(9-11-22)21-19(24)17-5-2-12-25-17/h1-5,12-13,16H,6-11H2,(H,21,24). The van der Waals surface area contributed by atoms with Crippen LogP contribution in [0.25, 0.3) is 0 Å². The number of carbonyl (C=O) groups excluding carboxylic acids is 2. The Hall–Kier alpha value is -2.63. The predicted molar refractivity (Wildman–Crippen MR) is 90.5 cm³/mol. The van der Waals surface area contributed by atoms with Gasteiger partial charge in [0.25, 0.3) is 5.91 Å². The van der Waals surface area contributed by atoms with Gasteiger partial charge in [-0.05, 0) is 49.1 Å². The molecule has 1 fully saturated rings. The maximum Gasteiger partial charge on any atom is 0.287 e. The van der Waals surface area contributed by atoms with Crippen LogP contribution < -0.4 is 5.32 Å². The topological polar surface area (TPSA) is 62.6 Å². The van der Waals surface area contributed by atoms with Gasteiger partial charge in [0.05, 0.1) is 6.26 Å². The van der Waals surface area contributed by atoms with Gasteiger partial charge in [-0.1, -0.05) is 12.1 Å². The predicted octanol–water partition coefficient (Wildman–Crippen LogP) is 2.77. The summed E-state index contributed by atoms with van der Waals surface area (Å²) in [7, 11) is 0. The summed E-state index contributed by atoms with van der Waals surface area (Å²) in [6.07, 6.45) is 3.81. The molecule has 25 heavy (non-hydrogen) atoms. The minimum atomic E-state index is -0.280. The molecular weight excluding hydrogens is 323 g/mol. The molecule has 132 valence electrons. The lowest BCUT2D eigenvalue weighted by Gasteiger charge is -2.32. The van der Waals surface area contributed by atoms with Gasteiger partial charge in [-0.3, -0.25) is 9.59 Å². The molecule has 1 aliphatic heterocycles. The smallest absolute Gasteiger partial charge is 0.287 e. The van der Waals surface area contributed by atoms with Crippen molar-refractivity contribution in [3.8, 4) is 0 Å². The molecule has 0 radical (unpaired) electrons. The second-order valence-corrected chi connectivity index (χ2v) is 6.24. The van der Waals surface area contributed by atoms with E-state index in [-0.39, 0.29) is 23.7 Å². The molecule has 0 aliphatic carbocycles. The SMILES string of the molecule is O=C(NC1CCN(C(=O)CCc2cccc(F)c2)CC1)c1ccco1. The van der Waals surface area contributed by atoms with E-state index in [1.807, 2.05) is 11.0 Å². The molecule has 5 nitrogen and oxygen atoms in total. The number of piperidine rings is 1. The van der Waals surface area contributed by atoms with Gasteiger partial charge in [0, 0.05) is 25.6 Å². The highest BCUT2D eigenvalue weighted by molar-refractivity contribution is 5.91. The van der Waals surface area contributed by atoms with E-state index >= 15 is 0 Å². The molecule has 6 heteroatoms. The lowest BCUT2D eigenvalue weighted by molar-refractivity contribution is -0.132. The molecule has 0 saturated carbocycles. The number of nitrogens with zero attached hydrogens (tertiary/aromatic N) is 1. The molecule has 1 aromatic carbocycles. The summed E-state index contributed by atoms with van der Waals surface area (Å²) in [5, 5.41) is 2.93. The van der Waals surface area contributed by atoms with E-state index in [0.717, 1.165) is 18.4 Å². The third kappa shape index (κ3) is 4.68. The fraction of sp³-hybridized carbons (Fsp3) is 0.368. The number of likely N-dealkylation sites (tertiary alicyclic amines) is 1. The lowest BCUT2D eigenvalue weighted by atomic mass is 10.0. The van der Waals surface area contributed by atoms with Gasteiger partial charge >= 0.3 is 0 Å². The number of amides is 2. The summed E-state index contributed by atoms with van der Waals surface area (Å²) < 4.78 is 18.2. The summed E-state index contributed by atoms with van der Waals surface area (Å²) in [5.41, 5.74) is 0.828. The largest absolute Gasteiger partial charge is 0.459 e. The molecule has 0 atom stereocenters.